The number of nitrogens with zero attached hydrogens (tertiary/aromatic N) is 1. The van der Waals surface area contributed by atoms with Crippen molar-refractivity contribution in [1.29, 1.82) is 0 Å². The first kappa shape index (κ1) is 18.2. The van der Waals surface area contributed by atoms with Gasteiger partial charge in [-0.2, -0.15) is 0 Å². The number of benzene rings is 1. The fraction of sp³-hybridized carbons (Fsp3) is 0.438. The number of esters is 1. The van der Waals surface area contributed by atoms with Crippen molar-refractivity contribution in [2.24, 2.45) is 5.41 Å². The Morgan fingerprint density at radius 1 is 1.18 bits per heavy atom. The third-order valence-electron chi connectivity index (χ3n) is 2.98. The number of hydrogen-bond donors (Lipinski definition) is 0. The quantitative estimate of drug-likeness (QED) is 0.631. The van der Waals surface area contributed by atoms with Gasteiger partial charge in [-0.1, -0.05) is 38.5 Å². The molecule has 1 aromatic carbocycles. The molecule has 0 fully saturated rings. The molecule has 1 rings (SSSR count). The summed E-state index contributed by atoms with van der Waals surface area (Å²) in [5, 5.41) is 0. The van der Waals surface area contributed by atoms with E-state index in [-0.39, 0.29) is 16.0 Å². The van der Waals surface area contributed by atoms with E-state index in [9.17, 15) is 13.2 Å². The highest BCUT2D eigenvalue weighted by Gasteiger charge is 2.28. The number of hydrogen-bond acceptors (Lipinski definition) is 4. The standard InChI is InChI=1S/C16H23NO4S/c1-12-7-9-13(10-8-12)22(19,20)17(5)14(15(18)21-6)11-16(2,3)4/h7-11H,1-6H3/b14-11-. The van der Waals surface area contributed by atoms with E-state index in [0.717, 1.165) is 9.87 Å². The molecule has 0 atom stereocenters. The summed E-state index contributed by atoms with van der Waals surface area (Å²) in [7, 11) is -1.24. The van der Waals surface area contributed by atoms with Gasteiger partial charge in [-0.3, -0.25) is 4.31 Å². The molecule has 0 saturated heterocycles. The van der Waals surface area contributed by atoms with Gasteiger partial charge < -0.3 is 4.74 Å². The van der Waals surface area contributed by atoms with Gasteiger partial charge in [-0.05, 0) is 30.5 Å². The number of ether oxygens (including phenoxy) is 1. The lowest BCUT2D eigenvalue weighted by atomic mass is 9.95. The third kappa shape index (κ3) is 4.34. The minimum absolute atomic E-state index is 0.00410. The predicted octanol–water partition coefficient (Wildman–Crippen LogP) is 2.72. The SMILES string of the molecule is COC(=O)/C(=C/C(C)(C)C)N(C)S(=O)(=O)c1ccc(C)cc1. The maximum atomic E-state index is 12.7. The summed E-state index contributed by atoms with van der Waals surface area (Å²) in [6.07, 6.45) is 1.59. The Kier molecular flexibility index (Phi) is 5.40. The van der Waals surface area contributed by atoms with Crippen molar-refractivity contribution in [2.45, 2.75) is 32.6 Å². The topological polar surface area (TPSA) is 63.7 Å². The fourth-order valence-corrected chi connectivity index (χ4v) is 2.97. The monoisotopic (exact) mass is 325 g/mol. The number of methoxy groups -OCH3 is 1. The maximum absolute atomic E-state index is 12.7. The van der Waals surface area contributed by atoms with Crippen LogP contribution in [0.4, 0.5) is 0 Å². The van der Waals surface area contributed by atoms with E-state index in [1.165, 1.54) is 26.3 Å². The first-order chi connectivity index (χ1) is 9.99. The Labute approximate surface area is 132 Å². The lowest BCUT2D eigenvalue weighted by molar-refractivity contribution is -0.137. The van der Waals surface area contributed by atoms with Crippen LogP contribution < -0.4 is 0 Å². The maximum Gasteiger partial charge on any atom is 0.355 e. The number of allylic oxidation sites excluding steroid dienone is 1. The van der Waals surface area contributed by atoms with Gasteiger partial charge in [0.05, 0.1) is 12.0 Å². The Bertz CT molecular complexity index is 667. The average molecular weight is 325 g/mol. The van der Waals surface area contributed by atoms with Crippen LogP contribution in [0, 0.1) is 12.3 Å². The zero-order valence-corrected chi connectivity index (χ0v) is 14.7. The molecule has 0 aromatic heterocycles. The number of rotatable bonds is 4. The second-order valence-corrected chi connectivity index (χ2v) is 8.14. The van der Waals surface area contributed by atoms with Crippen LogP contribution in [0.3, 0.4) is 0 Å². The predicted molar refractivity (Wildman–Crippen MR) is 85.7 cm³/mol. The molecule has 0 unspecified atom stereocenters. The highest BCUT2D eigenvalue weighted by atomic mass is 32.2. The molecule has 0 heterocycles. The van der Waals surface area contributed by atoms with Crippen LogP contribution in [-0.2, 0) is 19.6 Å². The summed E-state index contributed by atoms with van der Waals surface area (Å²) in [6.45, 7) is 7.51. The van der Waals surface area contributed by atoms with Crippen LogP contribution >= 0.6 is 0 Å². The van der Waals surface area contributed by atoms with Crippen LogP contribution in [-0.4, -0.2) is 32.8 Å². The van der Waals surface area contributed by atoms with Crippen LogP contribution in [0.1, 0.15) is 26.3 Å². The van der Waals surface area contributed by atoms with Crippen LogP contribution in [0.5, 0.6) is 0 Å². The second kappa shape index (κ2) is 6.52. The summed E-state index contributed by atoms with van der Waals surface area (Å²) in [5.74, 6) is -0.687. The van der Waals surface area contributed by atoms with Crippen molar-refractivity contribution < 1.29 is 17.9 Å². The lowest BCUT2D eigenvalue weighted by Crippen LogP contribution is -2.32. The van der Waals surface area contributed by atoms with Crippen LogP contribution in [0.25, 0.3) is 0 Å². The Balaban J connectivity index is 3.34. The van der Waals surface area contributed by atoms with Gasteiger partial charge in [0, 0.05) is 7.05 Å². The van der Waals surface area contributed by atoms with E-state index in [0.29, 0.717) is 0 Å². The normalized spacial score (nSPS) is 12.9. The van der Waals surface area contributed by atoms with Gasteiger partial charge in [0.15, 0.2) is 0 Å². The van der Waals surface area contributed by atoms with E-state index in [1.807, 2.05) is 27.7 Å². The summed E-state index contributed by atoms with van der Waals surface area (Å²) in [4.78, 5) is 12.1. The average Bonchev–Trinajstić information content (AvgIpc) is 2.42. The first-order valence-corrected chi connectivity index (χ1v) is 8.30. The molecule has 1 aromatic rings. The molecule has 122 valence electrons. The molecule has 0 amide bonds. The fourth-order valence-electron chi connectivity index (χ4n) is 1.79. The lowest BCUT2D eigenvalue weighted by Gasteiger charge is -2.24. The zero-order valence-electron chi connectivity index (χ0n) is 13.9. The van der Waals surface area contributed by atoms with Crippen molar-refractivity contribution in [3.63, 3.8) is 0 Å². The molecule has 0 N–H and O–H groups in total. The number of aryl methyl sites for hydroxylation is 1. The molecular weight excluding hydrogens is 302 g/mol. The summed E-state index contributed by atoms with van der Waals surface area (Å²) in [6, 6.07) is 6.47. The molecule has 5 nitrogen and oxygen atoms in total. The molecule has 22 heavy (non-hydrogen) atoms. The molecule has 0 aliphatic heterocycles. The van der Waals surface area contributed by atoms with Gasteiger partial charge in [-0.15, -0.1) is 0 Å². The number of carbonyl (C=O) groups is 1. The summed E-state index contributed by atoms with van der Waals surface area (Å²) < 4.78 is 31.0. The van der Waals surface area contributed by atoms with Gasteiger partial charge in [0.1, 0.15) is 5.70 Å². The van der Waals surface area contributed by atoms with E-state index < -0.39 is 16.0 Å². The minimum atomic E-state index is -3.82. The molecule has 0 bridgehead atoms. The molecule has 0 aliphatic carbocycles. The third-order valence-corrected chi connectivity index (χ3v) is 4.77. The van der Waals surface area contributed by atoms with Gasteiger partial charge in [0.2, 0.25) is 0 Å². The minimum Gasteiger partial charge on any atom is -0.464 e. The first-order valence-electron chi connectivity index (χ1n) is 6.86. The summed E-state index contributed by atoms with van der Waals surface area (Å²) in [5.41, 5.74) is 0.580. The molecule has 0 saturated carbocycles. The number of likely N-dealkylation sites (N-methyl/N-ethyl adjacent to an activating group) is 1. The smallest absolute Gasteiger partial charge is 0.355 e. The molecule has 0 aliphatic rings. The van der Waals surface area contributed by atoms with Crippen molar-refractivity contribution in [3.8, 4) is 0 Å². The van der Waals surface area contributed by atoms with Crippen LogP contribution in [0.15, 0.2) is 40.9 Å². The van der Waals surface area contributed by atoms with E-state index in [1.54, 1.807) is 18.2 Å². The number of sulfonamides is 1. The van der Waals surface area contributed by atoms with E-state index >= 15 is 0 Å². The largest absolute Gasteiger partial charge is 0.464 e. The second-order valence-electron chi connectivity index (χ2n) is 6.17. The zero-order chi connectivity index (χ0) is 17.1. The van der Waals surface area contributed by atoms with Gasteiger partial charge >= 0.3 is 5.97 Å². The number of carbonyl (C=O) groups excluding carboxylic acids is 1. The van der Waals surface area contributed by atoms with Gasteiger partial charge in [0.25, 0.3) is 10.0 Å². The highest BCUT2D eigenvalue weighted by molar-refractivity contribution is 7.89. The molecular formula is C16H23NO4S. The Morgan fingerprint density at radius 2 is 1.68 bits per heavy atom. The molecule has 0 spiro atoms. The Morgan fingerprint density at radius 3 is 2.09 bits per heavy atom. The van der Waals surface area contributed by atoms with E-state index in [2.05, 4.69) is 0 Å². The van der Waals surface area contributed by atoms with Crippen molar-refractivity contribution in [1.82, 2.24) is 4.31 Å². The van der Waals surface area contributed by atoms with Crippen molar-refractivity contribution in [2.75, 3.05) is 14.2 Å². The van der Waals surface area contributed by atoms with E-state index in [4.69, 9.17) is 4.74 Å². The highest BCUT2D eigenvalue weighted by Crippen LogP contribution is 2.24. The Hall–Kier alpha value is -1.82. The summed E-state index contributed by atoms with van der Waals surface area (Å²) >= 11 is 0. The van der Waals surface area contributed by atoms with Crippen LogP contribution in [0.2, 0.25) is 0 Å². The molecule has 0 radical (unpaired) electrons. The van der Waals surface area contributed by atoms with Crippen molar-refractivity contribution in [3.05, 3.63) is 41.6 Å². The van der Waals surface area contributed by atoms with Crippen molar-refractivity contribution >= 4 is 16.0 Å². The molecule has 6 heteroatoms. The van der Waals surface area contributed by atoms with Gasteiger partial charge in [-0.25, -0.2) is 13.2 Å².